The first-order valence-electron chi connectivity index (χ1n) is 20.8. The van der Waals surface area contributed by atoms with Crippen LogP contribution in [0, 0.1) is 47.3 Å². The highest BCUT2D eigenvalue weighted by Crippen LogP contribution is 2.63. The fourth-order valence-corrected chi connectivity index (χ4v) is 11.1. The molecule has 10 heteroatoms. The molecular formula is C42H68N4O6. The minimum Gasteiger partial charge on any atom is -0.463 e. The summed E-state index contributed by atoms with van der Waals surface area (Å²) in [6.07, 6.45) is 16.3. The Balaban J connectivity index is 1.23. The van der Waals surface area contributed by atoms with Crippen molar-refractivity contribution in [3.8, 4) is 0 Å². The van der Waals surface area contributed by atoms with E-state index >= 15 is 0 Å². The smallest absolute Gasteiger partial charge is 0.350 e. The van der Waals surface area contributed by atoms with Crippen LogP contribution in [0.15, 0.2) is 23.3 Å². The van der Waals surface area contributed by atoms with Crippen molar-refractivity contribution < 1.29 is 29.0 Å². The molecule has 3 saturated carbocycles. The van der Waals surface area contributed by atoms with Crippen molar-refractivity contribution in [1.82, 2.24) is 21.3 Å². The van der Waals surface area contributed by atoms with Gasteiger partial charge in [-0.1, -0.05) is 44.9 Å². The lowest BCUT2D eigenvalue weighted by Crippen LogP contribution is -2.60. The third-order valence-corrected chi connectivity index (χ3v) is 13.8. The summed E-state index contributed by atoms with van der Waals surface area (Å²) in [6, 6.07) is 0.215. The standard InChI is InChI=1S/C42H68N4O6/c1-6-44-35-21-30-11-8-7-10-29(30)20-32(35)24-51-40(50)42-39(49)37-31(18-26(2)3)12-9-13-34(37)38(48)41(42,52-42)22-33(23-47)27(4)14-15-28-16-17-45-36(19-28)46-25-43-5/h8,11,26,28-32,34-37,43-47H,6-7,9-10,12-25H2,1-5H3. The molecule has 0 aromatic rings. The van der Waals surface area contributed by atoms with Crippen LogP contribution in [0.3, 0.4) is 0 Å². The molecule has 2 saturated heterocycles. The van der Waals surface area contributed by atoms with Gasteiger partial charge in [0.25, 0.3) is 5.60 Å². The third-order valence-electron chi connectivity index (χ3n) is 13.8. The largest absolute Gasteiger partial charge is 0.463 e. The van der Waals surface area contributed by atoms with E-state index in [2.05, 4.69) is 54.2 Å². The number of Topliss-reactive ketones (excluding diaryl/α,β-unsaturated/α-hetero) is 2. The van der Waals surface area contributed by atoms with Crippen LogP contribution in [-0.2, 0) is 23.9 Å². The number of rotatable bonds is 16. The fourth-order valence-electron chi connectivity index (χ4n) is 11.1. The number of aliphatic hydroxyl groups is 1. The molecule has 11 unspecified atom stereocenters. The van der Waals surface area contributed by atoms with Crippen LogP contribution >= 0.6 is 0 Å². The Bertz CT molecular complexity index is 1350. The van der Waals surface area contributed by atoms with Crippen LogP contribution in [0.1, 0.15) is 111 Å². The second kappa shape index (κ2) is 17.2. The predicted molar refractivity (Wildman–Crippen MR) is 202 cm³/mol. The quantitative estimate of drug-likeness (QED) is 0.0496. The Labute approximate surface area is 312 Å². The van der Waals surface area contributed by atoms with Gasteiger partial charge in [0.2, 0.25) is 0 Å². The van der Waals surface area contributed by atoms with Gasteiger partial charge in [-0.15, -0.1) is 0 Å². The molecule has 6 rings (SSSR count). The normalized spacial score (nSPS) is 39.0. The number of esters is 1. The van der Waals surface area contributed by atoms with Gasteiger partial charge in [-0.05, 0) is 133 Å². The number of ketones is 2. The summed E-state index contributed by atoms with van der Waals surface area (Å²) < 4.78 is 12.7. The van der Waals surface area contributed by atoms with Crippen molar-refractivity contribution in [3.05, 3.63) is 23.3 Å². The van der Waals surface area contributed by atoms with Gasteiger partial charge in [-0.3, -0.25) is 14.9 Å². The monoisotopic (exact) mass is 725 g/mol. The Morgan fingerprint density at radius 3 is 2.67 bits per heavy atom. The summed E-state index contributed by atoms with van der Waals surface area (Å²) in [5.74, 6) is 0.121. The zero-order valence-corrected chi connectivity index (χ0v) is 32.6. The minimum atomic E-state index is -1.93. The molecule has 5 N–H and O–H groups in total. The van der Waals surface area contributed by atoms with Gasteiger partial charge in [-0.25, -0.2) is 4.79 Å². The van der Waals surface area contributed by atoms with E-state index in [1.165, 1.54) is 0 Å². The summed E-state index contributed by atoms with van der Waals surface area (Å²) >= 11 is 0. The van der Waals surface area contributed by atoms with Gasteiger partial charge in [0.15, 0.2) is 17.2 Å². The molecule has 2 heterocycles. The highest BCUT2D eigenvalue weighted by molar-refractivity contribution is 6.23. The molecule has 292 valence electrons. The number of epoxide rings is 1. The Kier molecular flexibility index (Phi) is 13.2. The van der Waals surface area contributed by atoms with Gasteiger partial charge < -0.3 is 30.5 Å². The second-order valence-corrected chi connectivity index (χ2v) is 17.6. The summed E-state index contributed by atoms with van der Waals surface area (Å²) in [7, 11) is 1.93. The Hall–Kier alpha value is -1.95. The zero-order chi connectivity index (χ0) is 37.0. The van der Waals surface area contributed by atoms with E-state index in [1.54, 1.807) is 0 Å². The van der Waals surface area contributed by atoms with Crippen LogP contribution in [0.5, 0.6) is 0 Å². The third kappa shape index (κ3) is 7.90. The Morgan fingerprint density at radius 2 is 1.92 bits per heavy atom. The molecule has 10 nitrogen and oxygen atoms in total. The maximum atomic E-state index is 14.9. The van der Waals surface area contributed by atoms with Crippen LogP contribution < -0.4 is 21.3 Å². The molecule has 11 atom stereocenters. The SMILES string of the molecule is CCNC1CC2C=CCCC2CC1COC(=O)C12OC1(CC(CO)=C(C)CCC1CCNC(NCNC)C1)C(=O)C1CCCC(CC(C)C)C1C2=O. The average molecular weight is 725 g/mol. The molecular weight excluding hydrogens is 656 g/mol. The molecule has 0 aromatic carbocycles. The topological polar surface area (TPSA) is 141 Å². The van der Waals surface area contributed by atoms with E-state index in [0.717, 1.165) is 96.0 Å². The van der Waals surface area contributed by atoms with Crippen molar-refractivity contribution in [2.75, 3.05) is 40.0 Å². The van der Waals surface area contributed by atoms with Crippen molar-refractivity contribution in [2.24, 2.45) is 47.3 Å². The van der Waals surface area contributed by atoms with Crippen molar-refractivity contribution >= 4 is 17.5 Å². The summed E-state index contributed by atoms with van der Waals surface area (Å²) in [4.78, 5) is 44.2. The van der Waals surface area contributed by atoms with E-state index in [9.17, 15) is 19.5 Å². The molecule has 0 bridgehead atoms. The van der Waals surface area contributed by atoms with E-state index in [1.807, 2.05) is 14.0 Å². The highest BCUT2D eigenvalue weighted by atomic mass is 16.7. The lowest BCUT2D eigenvalue weighted by Gasteiger charge is -2.43. The van der Waals surface area contributed by atoms with Gasteiger partial charge in [0, 0.05) is 36.9 Å². The average Bonchev–Trinajstić information content (AvgIpc) is 3.85. The fraction of sp³-hybridized carbons (Fsp3) is 0.833. The number of allylic oxidation sites excluding steroid dienone is 3. The van der Waals surface area contributed by atoms with Crippen LogP contribution in [-0.4, -0.2) is 86.1 Å². The molecule has 5 fully saturated rings. The number of hydrogen-bond donors (Lipinski definition) is 5. The lowest BCUT2D eigenvalue weighted by atomic mass is 9.56. The highest BCUT2D eigenvalue weighted by Gasteiger charge is 2.87. The number of fused-ring (bicyclic) bond motifs is 3. The van der Waals surface area contributed by atoms with Gasteiger partial charge in [0.05, 0.1) is 19.4 Å². The van der Waals surface area contributed by atoms with Crippen LogP contribution in [0.4, 0.5) is 0 Å². The molecule has 4 aliphatic carbocycles. The van der Waals surface area contributed by atoms with Gasteiger partial charge >= 0.3 is 5.97 Å². The number of ether oxygens (including phenoxy) is 2. The van der Waals surface area contributed by atoms with Crippen molar-refractivity contribution in [1.29, 1.82) is 0 Å². The summed E-state index contributed by atoms with van der Waals surface area (Å²) in [5, 5.41) is 24.6. The van der Waals surface area contributed by atoms with Gasteiger partial charge in [-0.2, -0.15) is 0 Å². The zero-order valence-electron chi connectivity index (χ0n) is 32.6. The van der Waals surface area contributed by atoms with E-state index in [4.69, 9.17) is 9.47 Å². The predicted octanol–water partition coefficient (Wildman–Crippen LogP) is 4.81. The van der Waals surface area contributed by atoms with Crippen molar-refractivity contribution in [3.63, 3.8) is 0 Å². The molecule has 0 radical (unpaired) electrons. The Morgan fingerprint density at radius 1 is 1.10 bits per heavy atom. The second-order valence-electron chi connectivity index (χ2n) is 17.6. The van der Waals surface area contributed by atoms with E-state index < -0.39 is 29.0 Å². The van der Waals surface area contributed by atoms with E-state index in [-0.39, 0.29) is 55.2 Å². The summed E-state index contributed by atoms with van der Waals surface area (Å²) in [5.41, 5.74) is -1.81. The molecule has 6 aliphatic rings. The number of aliphatic hydroxyl groups excluding tert-OH is 1. The molecule has 0 amide bonds. The lowest BCUT2D eigenvalue weighted by molar-refractivity contribution is -0.161. The molecule has 0 aromatic heterocycles. The van der Waals surface area contributed by atoms with Gasteiger partial charge in [0.1, 0.15) is 0 Å². The molecule has 52 heavy (non-hydrogen) atoms. The number of hydrogen-bond acceptors (Lipinski definition) is 10. The first kappa shape index (κ1) is 39.7. The number of piperidine rings is 1. The number of carbonyl (C=O) groups is 3. The first-order chi connectivity index (χ1) is 25.1. The minimum absolute atomic E-state index is 0.0424. The van der Waals surface area contributed by atoms with Crippen molar-refractivity contribution in [2.45, 2.75) is 135 Å². The molecule has 2 aliphatic heterocycles. The van der Waals surface area contributed by atoms with E-state index in [0.29, 0.717) is 35.7 Å². The maximum Gasteiger partial charge on any atom is 0.350 e. The number of carbonyl (C=O) groups excluding carboxylic acids is 3. The molecule has 0 spiro atoms. The maximum absolute atomic E-state index is 14.9. The van der Waals surface area contributed by atoms with Crippen LogP contribution in [0.2, 0.25) is 0 Å². The number of nitrogens with one attached hydrogen (secondary N) is 4. The first-order valence-corrected chi connectivity index (χ1v) is 20.8. The van der Waals surface area contributed by atoms with Crippen LogP contribution in [0.25, 0.3) is 0 Å². The summed E-state index contributed by atoms with van der Waals surface area (Å²) in [6.45, 7) is 10.9.